The van der Waals surface area contributed by atoms with Crippen molar-refractivity contribution in [2.45, 2.75) is 52.6 Å². The van der Waals surface area contributed by atoms with E-state index in [0.717, 1.165) is 17.9 Å². The summed E-state index contributed by atoms with van der Waals surface area (Å²) in [4.78, 5) is 30.0. The summed E-state index contributed by atoms with van der Waals surface area (Å²) < 4.78 is 11.0. The molecule has 0 bridgehead atoms. The fourth-order valence-corrected chi connectivity index (χ4v) is 2.34. The van der Waals surface area contributed by atoms with Crippen LogP contribution in [0.25, 0.3) is 0 Å². The molecule has 0 N–H and O–H groups in total. The van der Waals surface area contributed by atoms with Crippen LogP contribution >= 0.6 is 0 Å². The Kier molecular flexibility index (Phi) is 6.38. The van der Waals surface area contributed by atoms with Crippen LogP contribution in [0.4, 0.5) is 0 Å². The first-order valence-corrected chi connectivity index (χ1v) is 7.82. The van der Waals surface area contributed by atoms with Gasteiger partial charge in [0.25, 0.3) is 5.91 Å². The van der Waals surface area contributed by atoms with E-state index in [4.69, 9.17) is 14.3 Å². The van der Waals surface area contributed by atoms with Crippen molar-refractivity contribution < 1.29 is 23.9 Å². The molecule has 0 saturated heterocycles. The smallest absolute Gasteiger partial charge is 0.322 e. The molecule has 0 radical (unpaired) electrons. The van der Waals surface area contributed by atoms with Gasteiger partial charge in [-0.2, -0.15) is 0 Å². The van der Waals surface area contributed by atoms with E-state index in [0.29, 0.717) is 19.6 Å². The number of hydrogen-bond donors (Lipinski definition) is 0. The summed E-state index contributed by atoms with van der Waals surface area (Å²) in [5, 5.41) is 1.09. The zero-order valence-corrected chi connectivity index (χ0v) is 14.6. The van der Waals surface area contributed by atoms with E-state index in [2.05, 4.69) is 6.92 Å². The number of carbonyl (C=O) groups is 2. The van der Waals surface area contributed by atoms with E-state index >= 15 is 0 Å². The first-order chi connectivity index (χ1) is 10.2. The maximum Gasteiger partial charge on any atom is 0.322 e. The molecule has 6 heteroatoms. The standard InChI is InChI=1S/C16H29NO5/c1-7-8-9-21-11-12-10-16(12,13(18)17(5)20-6)14(19)22-15(2,3)4/h12H,7-11H2,1-6H3/t12-,16-/m0/s1. The Morgan fingerprint density at radius 3 is 2.45 bits per heavy atom. The van der Waals surface area contributed by atoms with Crippen LogP contribution in [0.1, 0.15) is 47.0 Å². The van der Waals surface area contributed by atoms with E-state index in [1.165, 1.54) is 14.2 Å². The Morgan fingerprint density at radius 1 is 1.32 bits per heavy atom. The van der Waals surface area contributed by atoms with Crippen molar-refractivity contribution >= 4 is 11.9 Å². The molecule has 1 aliphatic carbocycles. The van der Waals surface area contributed by atoms with Crippen LogP contribution in [0, 0.1) is 11.3 Å². The molecule has 0 aromatic heterocycles. The Bertz CT molecular complexity index is 404. The molecule has 128 valence electrons. The number of carbonyl (C=O) groups excluding carboxylic acids is 2. The Hall–Kier alpha value is -1.14. The van der Waals surface area contributed by atoms with Crippen molar-refractivity contribution in [3.8, 4) is 0 Å². The summed E-state index contributed by atoms with van der Waals surface area (Å²) in [6.07, 6.45) is 2.46. The highest BCUT2D eigenvalue weighted by molar-refractivity contribution is 6.06. The minimum Gasteiger partial charge on any atom is -0.459 e. The van der Waals surface area contributed by atoms with Crippen LogP contribution in [-0.2, 0) is 23.9 Å². The molecule has 2 atom stereocenters. The predicted octanol–water partition coefficient (Wildman–Crippen LogP) is 2.17. The topological polar surface area (TPSA) is 65.1 Å². The molecule has 1 fully saturated rings. The van der Waals surface area contributed by atoms with Crippen LogP contribution in [-0.4, -0.2) is 49.9 Å². The first kappa shape index (κ1) is 18.9. The minimum atomic E-state index is -1.16. The number of esters is 1. The van der Waals surface area contributed by atoms with Crippen LogP contribution < -0.4 is 0 Å². The maximum absolute atomic E-state index is 12.5. The molecule has 1 saturated carbocycles. The van der Waals surface area contributed by atoms with Gasteiger partial charge >= 0.3 is 5.97 Å². The third-order valence-corrected chi connectivity index (χ3v) is 3.77. The SMILES string of the molecule is CCCCOC[C@@H]1C[C@@]1(C(=O)OC(C)(C)C)C(=O)N(C)OC. The number of unbranched alkanes of at least 4 members (excludes halogenated alkanes) is 1. The number of rotatable bonds is 8. The fraction of sp³-hybridized carbons (Fsp3) is 0.875. The van der Waals surface area contributed by atoms with Crippen molar-refractivity contribution in [2.75, 3.05) is 27.4 Å². The summed E-state index contributed by atoms with van der Waals surface area (Å²) in [7, 11) is 2.90. The monoisotopic (exact) mass is 315 g/mol. The average molecular weight is 315 g/mol. The van der Waals surface area contributed by atoms with Crippen molar-refractivity contribution in [3.05, 3.63) is 0 Å². The van der Waals surface area contributed by atoms with Gasteiger partial charge in [0.2, 0.25) is 0 Å². The largest absolute Gasteiger partial charge is 0.459 e. The zero-order chi connectivity index (χ0) is 17.0. The lowest BCUT2D eigenvalue weighted by molar-refractivity contribution is -0.186. The van der Waals surface area contributed by atoms with E-state index in [9.17, 15) is 9.59 Å². The quantitative estimate of drug-likeness (QED) is 0.297. The van der Waals surface area contributed by atoms with Crippen LogP contribution in [0.2, 0.25) is 0 Å². The molecule has 22 heavy (non-hydrogen) atoms. The van der Waals surface area contributed by atoms with Crippen molar-refractivity contribution in [1.29, 1.82) is 0 Å². The number of ether oxygens (including phenoxy) is 2. The van der Waals surface area contributed by atoms with E-state index in [1.54, 1.807) is 20.8 Å². The number of nitrogens with zero attached hydrogens (tertiary/aromatic N) is 1. The van der Waals surface area contributed by atoms with E-state index in [1.807, 2.05) is 0 Å². The van der Waals surface area contributed by atoms with Gasteiger partial charge in [0.1, 0.15) is 5.60 Å². The van der Waals surface area contributed by atoms with Gasteiger partial charge in [0.05, 0.1) is 13.7 Å². The van der Waals surface area contributed by atoms with Crippen molar-refractivity contribution in [3.63, 3.8) is 0 Å². The molecule has 0 aliphatic heterocycles. The second-order valence-electron chi connectivity index (χ2n) is 6.79. The molecule has 0 heterocycles. The predicted molar refractivity (Wildman–Crippen MR) is 81.9 cm³/mol. The van der Waals surface area contributed by atoms with Gasteiger partial charge in [-0.15, -0.1) is 0 Å². The van der Waals surface area contributed by atoms with Gasteiger partial charge in [-0.25, -0.2) is 5.06 Å². The Labute approximate surface area is 133 Å². The Morgan fingerprint density at radius 2 is 1.95 bits per heavy atom. The van der Waals surface area contributed by atoms with Gasteiger partial charge in [-0.3, -0.25) is 14.4 Å². The molecule has 1 aliphatic rings. The molecular formula is C16H29NO5. The lowest BCUT2D eigenvalue weighted by Gasteiger charge is -2.26. The molecule has 1 amide bonds. The summed E-state index contributed by atoms with van der Waals surface area (Å²) in [6.45, 7) is 8.49. The molecule has 0 unspecified atom stereocenters. The van der Waals surface area contributed by atoms with Gasteiger partial charge in [0.15, 0.2) is 5.41 Å². The fourth-order valence-electron chi connectivity index (χ4n) is 2.34. The van der Waals surface area contributed by atoms with Gasteiger partial charge < -0.3 is 9.47 Å². The normalized spacial score (nSPS) is 24.0. The first-order valence-electron chi connectivity index (χ1n) is 7.82. The van der Waals surface area contributed by atoms with Crippen molar-refractivity contribution in [2.24, 2.45) is 11.3 Å². The van der Waals surface area contributed by atoms with Gasteiger partial charge in [0, 0.05) is 19.6 Å². The molecule has 1 rings (SSSR count). The summed E-state index contributed by atoms with van der Waals surface area (Å²) in [5.74, 6) is -1.00. The third kappa shape index (κ3) is 4.43. The van der Waals surface area contributed by atoms with Gasteiger partial charge in [-0.05, 0) is 33.6 Å². The van der Waals surface area contributed by atoms with E-state index < -0.39 is 17.0 Å². The molecule has 0 spiro atoms. The highest BCUT2D eigenvalue weighted by atomic mass is 16.7. The minimum absolute atomic E-state index is 0.149. The zero-order valence-electron chi connectivity index (χ0n) is 14.6. The summed E-state index contributed by atoms with van der Waals surface area (Å²) in [6, 6.07) is 0. The van der Waals surface area contributed by atoms with Gasteiger partial charge in [-0.1, -0.05) is 13.3 Å². The highest BCUT2D eigenvalue weighted by Crippen LogP contribution is 2.55. The maximum atomic E-state index is 12.5. The second-order valence-corrected chi connectivity index (χ2v) is 6.79. The highest BCUT2D eigenvalue weighted by Gasteiger charge is 2.68. The molecule has 6 nitrogen and oxygen atoms in total. The second kappa shape index (κ2) is 7.42. The molecule has 0 aromatic carbocycles. The van der Waals surface area contributed by atoms with Crippen LogP contribution in [0.15, 0.2) is 0 Å². The number of hydrogen-bond acceptors (Lipinski definition) is 5. The average Bonchev–Trinajstić information content (AvgIpc) is 3.16. The summed E-state index contributed by atoms with van der Waals surface area (Å²) >= 11 is 0. The lowest BCUT2D eigenvalue weighted by atomic mass is 10.0. The van der Waals surface area contributed by atoms with Crippen LogP contribution in [0.3, 0.4) is 0 Å². The molecule has 0 aromatic rings. The molecular weight excluding hydrogens is 286 g/mol. The van der Waals surface area contributed by atoms with E-state index in [-0.39, 0.29) is 11.8 Å². The lowest BCUT2D eigenvalue weighted by Crippen LogP contribution is -2.42. The van der Waals surface area contributed by atoms with Crippen LogP contribution in [0.5, 0.6) is 0 Å². The van der Waals surface area contributed by atoms with Crippen molar-refractivity contribution in [1.82, 2.24) is 5.06 Å². The number of amides is 1. The third-order valence-electron chi connectivity index (χ3n) is 3.77. The Balaban J connectivity index is 2.77. The summed E-state index contributed by atoms with van der Waals surface area (Å²) in [5.41, 5.74) is -1.80. The number of hydroxylamine groups is 2.